The molecule has 1 aromatic carbocycles. The summed E-state index contributed by atoms with van der Waals surface area (Å²) in [4.78, 5) is 29.6. The molecule has 0 saturated heterocycles. The lowest BCUT2D eigenvalue weighted by atomic mass is 10.0. The van der Waals surface area contributed by atoms with E-state index in [1.807, 2.05) is 31.2 Å². The van der Waals surface area contributed by atoms with Crippen LogP contribution in [-0.2, 0) is 4.79 Å². The predicted octanol–water partition coefficient (Wildman–Crippen LogP) is 3.80. The van der Waals surface area contributed by atoms with Crippen molar-refractivity contribution in [3.05, 3.63) is 54.6 Å². The van der Waals surface area contributed by atoms with Gasteiger partial charge in [-0.1, -0.05) is 6.07 Å². The highest BCUT2D eigenvalue weighted by Crippen LogP contribution is 2.40. The summed E-state index contributed by atoms with van der Waals surface area (Å²) in [5.74, 6) is 0.0183. The van der Waals surface area contributed by atoms with Crippen LogP contribution < -0.4 is 9.80 Å². The third-order valence-corrected chi connectivity index (χ3v) is 5.25. The van der Waals surface area contributed by atoms with E-state index in [9.17, 15) is 9.59 Å². The maximum absolute atomic E-state index is 13.0. The van der Waals surface area contributed by atoms with Crippen molar-refractivity contribution < 1.29 is 14.0 Å². The minimum absolute atomic E-state index is 0.0469. The summed E-state index contributed by atoms with van der Waals surface area (Å²) in [6.45, 7) is 3.88. The van der Waals surface area contributed by atoms with Crippen molar-refractivity contribution in [3.63, 3.8) is 0 Å². The molecule has 3 heterocycles. The molecule has 0 fully saturated rings. The highest BCUT2D eigenvalue weighted by atomic mass is 32.1. The van der Waals surface area contributed by atoms with E-state index in [1.54, 1.807) is 35.1 Å². The molecule has 0 unspecified atom stereocenters. The smallest absolute Gasteiger partial charge is 0.294 e. The monoisotopic (exact) mass is 367 g/mol. The first kappa shape index (κ1) is 16.5. The lowest BCUT2D eigenvalue weighted by Gasteiger charge is -2.40. The van der Waals surface area contributed by atoms with Gasteiger partial charge in [0.25, 0.3) is 5.91 Å². The second-order valence-corrected chi connectivity index (χ2v) is 7.04. The quantitative estimate of drug-likeness (QED) is 0.691. The summed E-state index contributed by atoms with van der Waals surface area (Å²) in [5.41, 5.74) is 2.39. The van der Waals surface area contributed by atoms with E-state index in [0.717, 1.165) is 16.1 Å². The largest absolute Gasteiger partial charge is 0.459 e. The van der Waals surface area contributed by atoms with Gasteiger partial charge in [-0.05, 0) is 54.4 Å². The topological polar surface area (TPSA) is 66.7 Å². The van der Waals surface area contributed by atoms with Crippen molar-refractivity contribution >= 4 is 34.7 Å². The van der Waals surface area contributed by atoms with E-state index in [-0.39, 0.29) is 23.6 Å². The van der Waals surface area contributed by atoms with Gasteiger partial charge in [0.1, 0.15) is 0 Å². The lowest BCUT2D eigenvalue weighted by Crippen LogP contribution is -2.51. The second-order valence-electron chi connectivity index (χ2n) is 6.21. The Morgan fingerprint density at radius 1 is 1.23 bits per heavy atom. The number of hydrogen-bond acceptors (Lipinski definition) is 5. The number of carbonyl (C=O) groups excluding carboxylic acids is 2. The van der Waals surface area contributed by atoms with E-state index >= 15 is 0 Å². The molecule has 0 radical (unpaired) electrons. The normalized spacial score (nSPS) is 16.5. The number of hydrogen-bond donors (Lipinski definition) is 0. The van der Waals surface area contributed by atoms with Crippen molar-refractivity contribution in [2.24, 2.45) is 0 Å². The van der Waals surface area contributed by atoms with Crippen LogP contribution >= 0.6 is 11.5 Å². The Balaban J connectivity index is 1.85. The van der Waals surface area contributed by atoms with Gasteiger partial charge in [-0.3, -0.25) is 9.59 Å². The van der Waals surface area contributed by atoms with Gasteiger partial charge in [0.2, 0.25) is 5.91 Å². The Hall–Kier alpha value is -2.93. The van der Waals surface area contributed by atoms with E-state index in [1.165, 1.54) is 17.8 Å². The number of amides is 2. The SMILES string of the molecule is CC(=O)N1c2ccc(-c3ccns3)cc2N(C(=O)c2ccco2)C[C@@H]1C. The van der Waals surface area contributed by atoms with Crippen LogP contribution in [0.2, 0.25) is 0 Å². The van der Waals surface area contributed by atoms with Gasteiger partial charge in [-0.2, -0.15) is 0 Å². The molecule has 1 aliphatic heterocycles. The first-order chi connectivity index (χ1) is 12.6. The van der Waals surface area contributed by atoms with Gasteiger partial charge < -0.3 is 14.2 Å². The van der Waals surface area contributed by atoms with E-state index < -0.39 is 0 Å². The number of aromatic nitrogens is 1. The first-order valence-corrected chi connectivity index (χ1v) is 9.04. The minimum Gasteiger partial charge on any atom is -0.459 e. The number of fused-ring (bicyclic) bond motifs is 1. The Morgan fingerprint density at radius 3 is 2.73 bits per heavy atom. The average Bonchev–Trinajstić information content (AvgIpc) is 3.33. The number of benzene rings is 1. The zero-order valence-electron chi connectivity index (χ0n) is 14.4. The number of carbonyl (C=O) groups is 2. The maximum atomic E-state index is 13.0. The van der Waals surface area contributed by atoms with E-state index in [0.29, 0.717) is 12.2 Å². The molecule has 4 rings (SSSR count). The van der Waals surface area contributed by atoms with Crippen molar-refractivity contribution in [1.29, 1.82) is 0 Å². The van der Waals surface area contributed by atoms with E-state index in [2.05, 4.69) is 4.37 Å². The summed E-state index contributed by atoms with van der Waals surface area (Å²) < 4.78 is 9.44. The number of furan rings is 1. The zero-order chi connectivity index (χ0) is 18.3. The van der Waals surface area contributed by atoms with Crippen LogP contribution in [0.4, 0.5) is 11.4 Å². The third kappa shape index (κ3) is 2.70. The molecule has 0 saturated carbocycles. The molecule has 3 aromatic rings. The molecule has 7 heteroatoms. The van der Waals surface area contributed by atoms with Crippen molar-refractivity contribution in [2.45, 2.75) is 19.9 Å². The van der Waals surface area contributed by atoms with Gasteiger partial charge >= 0.3 is 0 Å². The minimum atomic E-state index is -0.215. The molecule has 0 bridgehead atoms. The van der Waals surface area contributed by atoms with Gasteiger partial charge in [0, 0.05) is 19.7 Å². The molecule has 2 aromatic heterocycles. The maximum Gasteiger partial charge on any atom is 0.294 e. The summed E-state index contributed by atoms with van der Waals surface area (Å²) in [6, 6.07) is 10.9. The fraction of sp³-hybridized carbons (Fsp3) is 0.211. The van der Waals surface area contributed by atoms with Gasteiger partial charge in [-0.15, -0.1) is 0 Å². The van der Waals surface area contributed by atoms with Crippen LogP contribution in [0.3, 0.4) is 0 Å². The van der Waals surface area contributed by atoms with Crippen LogP contribution in [-0.4, -0.2) is 28.8 Å². The lowest BCUT2D eigenvalue weighted by molar-refractivity contribution is -0.117. The third-order valence-electron chi connectivity index (χ3n) is 4.45. The Morgan fingerprint density at radius 2 is 2.08 bits per heavy atom. The van der Waals surface area contributed by atoms with Crippen LogP contribution in [0.15, 0.2) is 53.3 Å². The highest BCUT2D eigenvalue weighted by molar-refractivity contribution is 7.09. The second kappa shape index (κ2) is 6.42. The Bertz CT molecular complexity index is 951. The van der Waals surface area contributed by atoms with Crippen molar-refractivity contribution in [1.82, 2.24) is 4.37 Å². The Labute approximate surface area is 154 Å². The van der Waals surface area contributed by atoms with Gasteiger partial charge in [0.05, 0.1) is 28.6 Å². The molecular formula is C19H17N3O3S. The van der Waals surface area contributed by atoms with Gasteiger partial charge in [-0.25, -0.2) is 4.37 Å². The molecule has 132 valence electrons. The summed E-state index contributed by atoms with van der Waals surface area (Å²) in [6.07, 6.45) is 3.23. The molecule has 6 nitrogen and oxygen atoms in total. The molecule has 0 aliphatic carbocycles. The standard InChI is InChI=1S/C19H17N3O3S/c1-12-11-21(19(24)17-4-3-9-25-17)16-10-14(18-7-8-20-26-18)5-6-15(16)22(12)13(2)23/h3-10,12H,11H2,1-2H3/t12-/m0/s1. The fourth-order valence-corrected chi connectivity index (χ4v) is 3.94. The van der Waals surface area contributed by atoms with Crippen LogP contribution in [0.1, 0.15) is 24.4 Å². The molecule has 26 heavy (non-hydrogen) atoms. The van der Waals surface area contributed by atoms with Crippen LogP contribution in [0.5, 0.6) is 0 Å². The predicted molar refractivity (Wildman–Crippen MR) is 101 cm³/mol. The van der Waals surface area contributed by atoms with Gasteiger partial charge in [0.15, 0.2) is 5.76 Å². The molecule has 1 atom stereocenters. The number of rotatable bonds is 2. The Kier molecular flexibility index (Phi) is 4.08. The zero-order valence-corrected chi connectivity index (χ0v) is 15.2. The molecule has 2 amide bonds. The van der Waals surface area contributed by atoms with Crippen LogP contribution in [0.25, 0.3) is 10.4 Å². The summed E-state index contributed by atoms with van der Waals surface area (Å²) in [7, 11) is 0. The number of nitrogens with zero attached hydrogens (tertiary/aromatic N) is 3. The van der Waals surface area contributed by atoms with E-state index in [4.69, 9.17) is 4.42 Å². The molecular weight excluding hydrogens is 350 g/mol. The average molecular weight is 367 g/mol. The molecule has 0 spiro atoms. The first-order valence-electron chi connectivity index (χ1n) is 8.26. The fourth-order valence-electron chi connectivity index (χ4n) is 3.35. The van der Waals surface area contributed by atoms with Crippen molar-refractivity contribution in [3.8, 4) is 10.4 Å². The highest BCUT2D eigenvalue weighted by Gasteiger charge is 2.35. The molecule has 1 aliphatic rings. The summed E-state index contributed by atoms with van der Waals surface area (Å²) >= 11 is 1.39. The summed E-state index contributed by atoms with van der Waals surface area (Å²) in [5, 5.41) is 0. The molecule has 0 N–H and O–H groups in total. The van der Waals surface area contributed by atoms with Crippen molar-refractivity contribution in [2.75, 3.05) is 16.3 Å². The van der Waals surface area contributed by atoms with Crippen LogP contribution in [0, 0.1) is 0 Å². The number of anilines is 2.